The second-order valence-electron chi connectivity index (χ2n) is 6.73. The van der Waals surface area contributed by atoms with Crippen LogP contribution in [0, 0.1) is 6.92 Å². The highest BCUT2D eigenvalue weighted by Crippen LogP contribution is 2.28. The SMILES string of the molecule is CCOc1ccccc1NC(=O)CN(c1ccccc1C)S(=O)(=O)c1ccc(Cl)cc1. The number of anilines is 2. The van der Waals surface area contributed by atoms with E-state index in [1.807, 2.05) is 13.0 Å². The third-order valence-corrected chi connectivity index (χ3v) is 6.56. The monoisotopic (exact) mass is 458 g/mol. The van der Waals surface area contributed by atoms with E-state index in [2.05, 4.69) is 5.32 Å². The van der Waals surface area contributed by atoms with Crippen molar-refractivity contribution in [1.29, 1.82) is 0 Å². The number of carbonyl (C=O) groups excluding carboxylic acids is 1. The van der Waals surface area contributed by atoms with Crippen LogP contribution in [-0.4, -0.2) is 27.5 Å². The topological polar surface area (TPSA) is 75.7 Å². The third kappa shape index (κ3) is 5.37. The van der Waals surface area contributed by atoms with Gasteiger partial charge in [-0.15, -0.1) is 0 Å². The van der Waals surface area contributed by atoms with Gasteiger partial charge in [-0.25, -0.2) is 8.42 Å². The predicted molar refractivity (Wildman–Crippen MR) is 123 cm³/mol. The first kappa shape index (κ1) is 22.7. The first-order valence-electron chi connectivity index (χ1n) is 9.68. The van der Waals surface area contributed by atoms with Gasteiger partial charge in [0.1, 0.15) is 12.3 Å². The summed E-state index contributed by atoms with van der Waals surface area (Å²) in [5, 5.41) is 3.18. The van der Waals surface area contributed by atoms with Gasteiger partial charge in [0.25, 0.3) is 10.0 Å². The number of halogens is 1. The van der Waals surface area contributed by atoms with Gasteiger partial charge in [0.15, 0.2) is 0 Å². The van der Waals surface area contributed by atoms with E-state index in [4.69, 9.17) is 16.3 Å². The Morgan fingerprint density at radius 3 is 2.32 bits per heavy atom. The fourth-order valence-electron chi connectivity index (χ4n) is 3.05. The fraction of sp³-hybridized carbons (Fsp3) is 0.174. The molecule has 0 atom stereocenters. The van der Waals surface area contributed by atoms with Crippen molar-refractivity contribution in [2.45, 2.75) is 18.7 Å². The Balaban J connectivity index is 1.95. The average molecular weight is 459 g/mol. The molecule has 6 nitrogen and oxygen atoms in total. The number of hydrogen-bond acceptors (Lipinski definition) is 4. The zero-order valence-corrected chi connectivity index (χ0v) is 18.8. The number of amides is 1. The van der Waals surface area contributed by atoms with Crippen molar-refractivity contribution in [3.05, 3.63) is 83.4 Å². The van der Waals surface area contributed by atoms with Gasteiger partial charge in [0.2, 0.25) is 5.91 Å². The number of sulfonamides is 1. The maximum Gasteiger partial charge on any atom is 0.264 e. The fourth-order valence-corrected chi connectivity index (χ4v) is 4.66. The normalized spacial score (nSPS) is 11.1. The van der Waals surface area contributed by atoms with Gasteiger partial charge < -0.3 is 10.1 Å². The molecule has 0 fully saturated rings. The molecule has 0 radical (unpaired) electrons. The Bertz CT molecular complexity index is 1160. The molecule has 8 heteroatoms. The number of para-hydroxylation sites is 3. The van der Waals surface area contributed by atoms with Gasteiger partial charge in [0.05, 0.1) is 22.9 Å². The Kier molecular flexibility index (Phi) is 7.20. The van der Waals surface area contributed by atoms with Gasteiger partial charge in [0, 0.05) is 5.02 Å². The van der Waals surface area contributed by atoms with E-state index >= 15 is 0 Å². The molecule has 0 saturated carbocycles. The first-order valence-corrected chi connectivity index (χ1v) is 11.5. The molecule has 162 valence electrons. The summed E-state index contributed by atoms with van der Waals surface area (Å²) in [7, 11) is -4.02. The van der Waals surface area contributed by atoms with E-state index < -0.39 is 22.5 Å². The molecule has 31 heavy (non-hydrogen) atoms. The molecule has 3 aromatic rings. The van der Waals surface area contributed by atoms with Crippen LogP contribution in [0.1, 0.15) is 12.5 Å². The zero-order chi connectivity index (χ0) is 22.4. The highest BCUT2D eigenvalue weighted by Gasteiger charge is 2.28. The van der Waals surface area contributed by atoms with Crippen molar-refractivity contribution in [3.8, 4) is 5.75 Å². The van der Waals surface area contributed by atoms with Crippen LogP contribution in [0.25, 0.3) is 0 Å². The molecule has 0 spiro atoms. The van der Waals surface area contributed by atoms with Crippen LogP contribution in [0.3, 0.4) is 0 Å². The number of nitrogens with one attached hydrogen (secondary N) is 1. The molecule has 3 rings (SSSR count). The maximum absolute atomic E-state index is 13.4. The summed E-state index contributed by atoms with van der Waals surface area (Å²) in [5.74, 6) is 0.0225. The number of ether oxygens (including phenoxy) is 1. The number of rotatable bonds is 8. The Hall–Kier alpha value is -3.03. The summed E-state index contributed by atoms with van der Waals surface area (Å²) in [6, 6.07) is 19.9. The smallest absolute Gasteiger partial charge is 0.264 e. The largest absolute Gasteiger partial charge is 0.492 e. The van der Waals surface area contributed by atoms with Crippen LogP contribution >= 0.6 is 11.6 Å². The number of hydrogen-bond donors (Lipinski definition) is 1. The molecule has 0 unspecified atom stereocenters. The standard InChI is InChI=1S/C23H23ClN2O4S/c1-3-30-22-11-7-5-9-20(22)25-23(27)16-26(21-10-6-4-8-17(21)2)31(28,29)19-14-12-18(24)13-15-19/h4-15H,3,16H2,1-2H3,(H,25,27). The molecule has 0 aliphatic carbocycles. The lowest BCUT2D eigenvalue weighted by atomic mass is 10.2. The van der Waals surface area contributed by atoms with E-state index in [-0.39, 0.29) is 4.90 Å². The molecular weight excluding hydrogens is 436 g/mol. The lowest BCUT2D eigenvalue weighted by Crippen LogP contribution is -2.38. The lowest BCUT2D eigenvalue weighted by molar-refractivity contribution is -0.114. The van der Waals surface area contributed by atoms with E-state index in [0.29, 0.717) is 28.8 Å². The molecule has 0 aliphatic heterocycles. The minimum Gasteiger partial charge on any atom is -0.492 e. The van der Waals surface area contributed by atoms with E-state index in [0.717, 1.165) is 9.87 Å². The van der Waals surface area contributed by atoms with Crippen LogP contribution < -0.4 is 14.4 Å². The van der Waals surface area contributed by atoms with E-state index in [1.54, 1.807) is 49.4 Å². The highest BCUT2D eigenvalue weighted by molar-refractivity contribution is 7.92. The number of carbonyl (C=O) groups is 1. The summed E-state index contributed by atoms with van der Waals surface area (Å²) in [4.78, 5) is 12.9. The van der Waals surface area contributed by atoms with Crippen LogP contribution in [0.4, 0.5) is 11.4 Å². The van der Waals surface area contributed by atoms with Crippen LogP contribution in [-0.2, 0) is 14.8 Å². The molecule has 1 amide bonds. The van der Waals surface area contributed by atoms with Crippen molar-refractivity contribution >= 4 is 38.9 Å². The van der Waals surface area contributed by atoms with Crippen molar-refractivity contribution in [2.24, 2.45) is 0 Å². The predicted octanol–water partition coefficient (Wildman–Crippen LogP) is 4.88. The minimum absolute atomic E-state index is 0.0441. The van der Waals surface area contributed by atoms with E-state index in [1.165, 1.54) is 24.3 Å². The van der Waals surface area contributed by atoms with Crippen molar-refractivity contribution in [2.75, 3.05) is 22.8 Å². The second-order valence-corrected chi connectivity index (χ2v) is 9.03. The van der Waals surface area contributed by atoms with Crippen LogP contribution in [0.15, 0.2) is 77.7 Å². The molecule has 0 aliphatic rings. The first-order chi connectivity index (χ1) is 14.8. The van der Waals surface area contributed by atoms with Crippen molar-refractivity contribution in [1.82, 2.24) is 0 Å². The molecule has 0 heterocycles. The van der Waals surface area contributed by atoms with Crippen molar-refractivity contribution < 1.29 is 17.9 Å². The van der Waals surface area contributed by atoms with Gasteiger partial charge in [-0.05, 0) is 61.9 Å². The van der Waals surface area contributed by atoms with Gasteiger partial charge >= 0.3 is 0 Å². The highest BCUT2D eigenvalue weighted by atomic mass is 35.5. The Labute approximate surface area is 187 Å². The Morgan fingerprint density at radius 2 is 1.65 bits per heavy atom. The maximum atomic E-state index is 13.4. The molecule has 0 saturated heterocycles. The number of benzene rings is 3. The summed E-state index contributed by atoms with van der Waals surface area (Å²) in [6.45, 7) is 3.67. The summed E-state index contributed by atoms with van der Waals surface area (Å²) in [5.41, 5.74) is 1.62. The number of nitrogens with zero attached hydrogens (tertiary/aromatic N) is 1. The summed E-state index contributed by atoms with van der Waals surface area (Å²) < 4.78 is 33.5. The number of aryl methyl sites for hydroxylation is 1. The summed E-state index contributed by atoms with van der Waals surface area (Å²) in [6.07, 6.45) is 0. The van der Waals surface area contributed by atoms with Gasteiger partial charge in [-0.3, -0.25) is 9.10 Å². The molecule has 3 aromatic carbocycles. The molecule has 0 bridgehead atoms. The van der Waals surface area contributed by atoms with E-state index in [9.17, 15) is 13.2 Å². The third-order valence-electron chi connectivity index (χ3n) is 4.53. The quantitative estimate of drug-likeness (QED) is 0.522. The summed E-state index contributed by atoms with van der Waals surface area (Å²) >= 11 is 5.91. The van der Waals surface area contributed by atoms with Gasteiger partial charge in [-0.2, -0.15) is 0 Å². The molecule has 0 aromatic heterocycles. The Morgan fingerprint density at radius 1 is 1.00 bits per heavy atom. The second kappa shape index (κ2) is 9.85. The van der Waals surface area contributed by atoms with Crippen LogP contribution in [0.2, 0.25) is 5.02 Å². The van der Waals surface area contributed by atoms with Crippen LogP contribution in [0.5, 0.6) is 5.75 Å². The zero-order valence-electron chi connectivity index (χ0n) is 17.2. The minimum atomic E-state index is -4.02. The van der Waals surface area contributed by atoms with Gasteiger partial charge in [-0.1, -0.05) is 41.9 Å². The average Bonchev–Trinajstić information content (AvgIpc) is 2.74. The molecule has 1 N–H and O–H groups in total. The lowest BCUT2D eigenvalue weighted by Gasteiger charge is -2.25. The molecular formula is C23H23ClN2O4S. The van der Waals surface area contributed by atoms with Crippen molar-refractivity contribution in [3.63, 3.8) is 0 Å².